The number of hydrogen-bond donors (Lipinski definition) is 2. The molecule has 9 nitrogen and oxygen atoms in total. The Morgan fingerprint density at radius 2 is 1.45 bits per heavy atom. The number of carbonyl (C=O) groups is 4. The molecule has 2 N–H and O–H groups in total. The Morgan fingerprint density at radius 3 is 2.12 bits per heavy atom. The maximum absolute atomic E-state index is 14.2. The zero-order valence-corrected chi connectivity index (χ0v) is 28.5. The van der Waals surface area contributed by atoms with E-state index in [1.807, 2.05) is 29.2 Å². The molecule has 4 aliphatic rings. The van der Waals surface area contributed by atoms with Crippen LogP contribution >= 0.6 is 11.6 Å². The van der Waals surface area contributed by atoms with Crippen LogP contribution < -0.4 is 10.6 Å². The van der Waals surface area contributed by atoms with Crippen molar-refractivity contribution in [3.05, 3.63) is 106 Å². The van der Waals surface area contributed by atoms with Gasteiger partial charge in [0.1, 0.15) is 6.04 Å². The highest BCUT2D eigenvalue weighted by atomic mass is 35.5. The summed E-state index contributed by atoms with van der Waals surface area (Å²) >= 11 is 6.15. The molecule has 1 saturated heterocycles. The number of nitrogens with one attached hydrogen (secondary N) is 2. The molecule has 10 heteroatoms. The highest BCUT2D eigenvalue weighted by Gasteiger charge is 2.41. The number of fused-ring (bicyclic) bond motifs is 2. The maximum Gasteiger partial charge on any atom is 0.261 e. The number of imide groups is 1. The zero-order chi connectivity index (χ0) is 33.9. The molecule has 1 aliphatic carbocycles. The second kappa shape index (κ2) is 14.8. The van der Waals surface area contributed by atoms with Gasteiger partial charge in [-0.05, 0) is 66.1 Å². The number of nitrogens with zero attached hydrogens (tertiary/aromatic N) is 3. The number of carbonyl (C=O) groups excluding carboxylic acids is 4. The molecule has 49 heavy (non-hydrogen) atoms. The van der Waals surface area contributed by atoms with E-state index in [1.165, 1.54) is 16.9 Å². The minimum atomic E-state index is -0.730. The number of amides is 4. The van der Waals surface area contributed by atoms with Crippen LogP contribution in [0.2, 0.25) is 5.02 Å². The van der Waals surface area contributed by atoms with Gasteiger partial charge in [-0.2, -0.15) is 0 Å². The second-order valence-electron chi connectivity index (χ2n) is 13.9. The van der Waals surface area contributed by atoms with E-state index in [-0.39, 0.29) is 29.7 Å². The Balaban J connectivity index is 1.04. The van der Waals surface area contributed by atoms with E-state index in [4.69, 9.17) is 11.6 Å². The summed E-state index contributed by atoms with van der Waals surface area (Å²) in [6.07, 6.45) is 6.57. The summed E-state index contributed by atoms with van der Waals surface area (Å²) in [7, 11) is 0. The van der Waals surface area contributed by atoms with Crippen LogP contribution in [0, 0.1) is 5.92 Å². The summed E-state index contributed by atoms with van der Waals surface area (Å²) in [5.41, 5.74) is 4.21. The highest BCUT2D eigenvalue weighted by molar-refractivity contribution is 6.30. The Morgan fingerprint density at radius 1 is 0.816 bits per heavy atom. The molecule has 256 valence electrons. The lowest BCUT2D eigenvalue weighted by Crippen LogP contribution is -2.60. The first-order chi connectivity index (χ1) is 23.9. The normalized spacial score (nSPS) is 21.2. The molecular weight excluding hydrogens is 638 g/mol. The zero-order valence-electron chi connectivity index (χ0n) is 27.8. The molecule has 3 aromatic carbocycles. The number of halogens is 1. The van der Waals surface area contributed by atoms with Gasteiger partial charge >= 0.3 is 0 Å². The summed E-state index contributed by atoms with van der Waals surface area (Å²) in [6.45, 7) is 3.25. The van der Waals surface area contributed by atoms with Gasteiger partial charge in [0.25, 0.3) is 11.8 Å². The van der Waals surface area contributed by atoms with Crippen LogP contribution in [0.25, 0.3) is 0 Å². The van der Waals surface area contributed by atoms with E-state index in [1.54, 1.807) is 36.4 Å². The fraction of sp³-hybridized carbons (Fsp3) is 0.436. The van der Waals surface area contributed by atoms with Crippen LogP contribution in [0.5, 0.6) is 0 Å². The fourth-order valence-electron chi connectivity index (χ4n) is 8.14. The van der Waals surface area contributed by atoms with E-state index in [0.29, 0.717) is 74.2 Å². The van der Waals surface area contributed by atoms with Crippen molar-refractivity contribution in [3.8, 4) is 0 Å². The molecule has 2 fully saturated rings. The fourth-order valence-corrected chi connectivity index (χ4v) is 8.26. The standard InChI is InChI=1S/C39H44ClN5O4/c40-30-16-14-26(15-17-30)22-34(42-36(46)33-23-28-10-4-5-11-29(28)24-41-33)39(49)44-20-18-43(19-21-44)35(27-8-2-1-3-9-27)25-45-37(47)31-12-6-7-13-32(31)38(45)48/h4-7,10-17,27,33-35,41H,1-3,8-9,18-25H2,(H,42,46)/t33-,34-,35?/m1/s1. The minimum Gasteiger partial charge on any atom is -0.343 e. The van der Waals surface area contributed by atoms with Gasteiger partial charge in [0.15, 0.2) is 0 Å². The minimum absolute atomic E-state index is 0.0320. The summed E-state index contributed by atoms with van der Waals surface area (Å²) in [5.74, 6) is -0.336. The summed E-state index contributed by atoms with van der Waals surface area (Å²) in [4.78, 5) is 60.2. The number of rotatable bonds is 9. The van der Waals surface area contributed by atoms with E-state index in [2.05, 4.69) is 27.7 Å². The molecule has 3 heterocycles. The van der Waals surface area contributed by atoms with Gasteiger partial charge in [-0.1, -0.05) is 79.4 Å². The van der Waals surface area contributed by atoms with Crippen molar-refractivity contribution in [1.29, 1.82) is 0 Å². The molecule has 0 aromatic heterocycles. The highest BCUT2D eigenvalue weighted by Crippen LogP contribution is 2.32. The lowest BCUT2D eigenvalue weighted by Gasteiger charge is -2.44. The average Bonchev–Trinajstić information content (AvgIpc) is 3.39. The van der Waals surface area contributed by atoms with Gasteiger partial charge in [0.05, 0.1) is 17.2 Å². The number of piperazine rings is 1. The molecule has 3 aliphatic heterocycles. The monoisotopic (exact) mass is 681 g/mol. The molecule has 0 bridgehead atoms. The van der Waals surface area contributed by atoms with Crippen molar-refractivity contribution in [1.82, 2.24) is 25.3 Å². The molecule has 4 amide bonds. The molecule has 3 aromatic rings. The molecular formula is C39H44ClN5O4. The molecule has 7 rings (SSSR count). The second-order valence-corrected chi connectivity index (χ2v) is 14.3. The van der Waals surface area contributed by atoms with E-state index in [9.17, 15) is 19.2 Å². The molecule has 1 unspecified atom stereocenters. The van der Waals surface area contributed by atoms with Crippen molar-refractivity contribution in [3.63, 3.8) is 0 Å². The van der Waals surface area contributed by atoms with Crippen LogP contribution in [0.1, 0.15) is 69.5 Å². The predicted octanol–water partition coefficient (Wildman–Crippen LogP) is 4.47. The van der Waals surface area contributed by atoms with E-state index in [0.717, 1.165) is 36.8 Å². The smallest absolute Gasteiger partial charge is 0.261 e. The molecule has 0 spiro atoms. The summed E-state index contributed by atoms with van der Waals surface area (Å²) in [5, 5.41) is 7.07. The quantitative estimate of drug-likeness (QED) is 0.324. The van der Waals surface area contributed by atoms with Crippen molar-refractivity contribution in [2.45, 2.75) is 69.6 Å². The van der Waals surface area contributed by atoms with Gasteiger partial charge < -0.3 is 15.5 Å². The predicted molar refractivity (Wildman–Crippen MR) is 188 cm³/mol. The third-order valence-electron chi connectivity index (χ3n) is 10.9. The van der Waals surface area contributed by atoms with Gasteiger partial charge in [-0.25, -0.2) is 0 Å². The lowest BCUT2D eigenvalue weighted by molar-refractivity contribution is -0.138. The van der Waals surface area contributed by atoms with E-state index >= 15 is 0 Å². The maximum atomic E-state index is 14.2. The van der Waals surface area contributed by atoms with Crippen LogP contribution in [0.15, 0.2) is 72.8 Å². The third kappa shape index (κ3) is 7.30. The van der Waals surface area contributed by atoms with Crippen LogP contribution in [-0.4, -0.2) is 89.2 Å². The Kier molecular flexibility index (Phi) is 10.1. The molecule has 0 radical (unpaired) electrons. The lowest BCUT2D eigenvalue weighted by atomic mass is 9.82. The van der Waals surface area contributed by atoms with Crippen molar-refractivity contribution < 1.29 is 19.2 Å². The van der Waals surface area contributed by atoms with Crippen molar-refractivity contribution in [2.24, 2.45) is 5.92 Å². The van der Waals surface area contributed by atoms with Crippen LogP contribution in [0.3, 0.4) is 0 Å². The Bertz CT molecular complexity index is 1660. The first-order valence-corrected chi connectivity index (χ1v) is 18.1. The molecule has 1 saturated carbocycles. The topological polar surface area (TPSA) is 102 Å². The molecule has 3 atom stereocenters. The van der Waals surface area contributed by atoms with Gasteiger partial charge in [-0.3, -0.25) is 29.0 Å². The first kappa shape index (κ1) is 33.4. The van der Waals surface area contributed by atoms with Crippen molar-refractivity contribution >= 4 is 35.2 Å². The Hall–Kier alpha value is -4.05. The first-order valence-electron chi connectivity index (χ1n) is 17.7. The van der Waals surface area contributed by atoms with Gasteiger partial charge in [0.2, 0.25) is 11.8 Å². The van der Waals surface area contributed by atoms with Crippen molar-refractivity contribution in [2.75, 3.05) is 32.7 Å². The van der Waals surface area contributed by atoms with Gasteiger partial charge in [-0.15, -0.1) is 0 Å². The number of benzene rings is 3. The Labute approximate surface area is 293 Å². The largest absolute Gasteiger partial charge is 0.343 e. The van der Waals surface area contributed by atoms with Crippen LogP contribution in [-0.2, 0) is 29.0 Å². The average molecular weight is 682 g/mol. The number of hydrogen-bond acceptors (Lipinski definition) is 6. The third-order valence-corrected chi connectivity index (χ3v) is 11.2. The SMILES string of the molecule is O=C(N[C@H](Cc1ccc(Cl)cc1)C(=O)N1CCN(C(CN2C(=O)c3ccccc3C2=O)C2CCCCC2)CC1)[C@H]1Cc2ccccc2CN1. The summed E-state index contributed by atoms with van der Waals surface area (Å²) in [6, 6.07) is 21.5. The summed E-state index contributed by atoms with van der Waals surface area (Å²) < 4.78 is 0. The van der Waals surface area contributed by atoms with Crippen LogP contribution in [0.4, 0.5) is 0 Å². The van der Waals surface area contributed by atoms with E-state index < -0.39 is 12.1 Å². The van der Waals surface area contributed by atoms with Gasteiger partial charge in [0, 0.05) is 56.8 Å².